The first kappa shape index (κ1) is 23.9. The van der Waals surface area contributed by atoms with Crippen LogP contribution in [0.3, 0.4) is 0 Å². The molecule has 64 valence electrons. The van der Waals surface area contributed by atoms with E-state index in [1.807, 2.05) is 0 Å². The molecule has 10 N–H and O–H groups in total. The number of rotatable bonds is 0. The van der Waals surface area contributed by atoms with Crippen LogP contribution in [0.25, 0.3) is 0 Å². The Morgan fingerprint density at radius 2 is 0.900 bits per heavy atom. The largest absolute Gasteiger partial charge is 0.344 e. The highest BCUT2D eigenvalue weighted by Gasteiger charge is 1.57. The Hall–Kier alpha value is -1.68. The summed E-state index contributed by atoms with van der Waals surface area (Å²) in [5.74, 6) is 7.67. The second-order valence-electron chi connectivity index (χ2n) is 0.571. The summed E-state index contributed by atoms with van der Waals surface area (Å²) in [5, 5.41) is 15.2. The van der Waals surface area contributed by atoms with Crippen LogP contribution in [-0.4, -0.2) is 10.1 Å². The fourth-order valence-electron chi connectivity index (χ4n) is 0. The van der Waals surface area contributed by atoms with Crippen LogP contribution >= 0.6 is 0 Å². The molecule has 10 heavy (non-hydrogen) atoms. The summed E-state index contributed by atoms with van der Waals surface area (Å²) >= 11 is 0. The van der Waals surface area contributed by atoms with Gasteiger partial charge in [0, 0.05) is 0 Å². The maximum absolute atomic E-state index is 8.58. The van der Waals surface area contributed by atoms with Crippen LogP contribution < -0.4 is 24.0 Å². The molecular weight excluding hydrogens is 148 g/mol. The Kier molecular flexibility index (Phi) is 37.4. The first-order valence-corrected chi connectivity index (χ1v) is 1.25. The lowest BCUT2D eigenvalue weighted by Crippen LogP contribution is -2.04. The smallest absolute Gasteiger partial charge is 0.154 e. The van der Waals surface area contributed by atoms with E-state index in [2.05, 4.69) is 11.7 Å². The minimum atomic E-state index is -1.00. The molecule has 0 aliphatic heterocycles. The minimum absolute atomic E-state index is 0. The van der Waals surface area contributed by atoms with Crippen molar-refractivity contribution in [2.75, 3.05) is 0 Å². The summed E-state index contributed by atoms with van der Waals surface area (Å²) in [7, 11) is 0. The van der Waals surface area contributed by atoms with Gasteiger partial charge in [-0.1, -0.05) is 0 Å². The molecule has 0 unspecified atom stereocenters. The SMILES string of the molecule is N.N.N[N+](=O)[O-].N[N+](=O)[O-]. The third-order valence-electron chi connectivity index (χ3n) is 0. The molecule has 0 spiro atoms. The van der Waals surface area contributed by atoms with Crippen molar-refractivity contribution in [2.45, 2.75) is 0 Å². The Bertz CT molecular complexity index is 67.7. The number of hydrazine groups is 2. The Balaban J connectivity index is -0.0000000300. The average Bonchev–Trinajstić information content (AvgIpc) is 1.25. The normalized spacial score (nSPS) is 4.80. The topological polar surface area (TPSA) is 208 Å². The molecule has 0 aromatic heterocycles. The van der Waals surface area contributed by atoms with Gasteiger partial charge in [-0.15, -0.1) is 0 Å². The van der Waals surface area contributed by atoms with Crippen molar-refractivity contribution in [2.24, 2.45) is 11.7 Å². The van der Waals surface area contributed by atoms with E-state index >= 15 is 0 Å². The zero-order valence-corrected chi connectivity index (χ0v) is 5.10. The Labute approximate surface area is 55.6 Å². The van der Waals surface area contributed by atoms with Crippen LogP contribution in [0.1, 0.15) is 0 Å². The van der Waals surface area contributed by atoms with Gasteiger partial charge in [-0.05, 0) is 0 Å². The van der Waals surface area contributed by atoms with Crippen LogP contribution in [0.2, 0.25) is 0 Å². The van der Waals surface area contributed by atoms with Crippen molar-refractivity contribution in [1.82, 2.24) is 12.3 Å². The van der Waals surface area contributed by atoms with E-state index in [0.29, 0.717) is 0 Å². The molecule has 0 fully saturated rings. The van der Waals surface area contributed by atoms with Crippen molar-refractivity contribution in [3.8, 4) is 0 Å². The summed E-state index contributed by atoms with van der Waals surface area (Å²) in [5.41, 5.74) is 0. The predicted octanol–water partition coefficient (Wildman–Crippen LogP) is -1.40. The van der Waals surface area contributed by atoms with Gasteiger partial charge in [0.05, 0.1) is 0 Å². The number of nitrogens with zero attached hydrogens (tertiary/aromatic N) is 2. The minimum Gasteiger partial charge on any atom is -0.344 e. The highest BCUT2D eigenvalue weighted by molar-refractivity contribution is 3.87. The number of nitrogens with two attached hydrogens (primary N) is 2. The quantitative estimate of drug-likeness (QED) is 0.186. The second-order valence-corrected chi connectivity index (χ2v) is 0.571. The third kappa shape index (κ3) is 63.4. The molecule has 0 saturated carbocycles. The lowest BCUT2D eigenvalue weighted by molar-refractivity contribution is -0.491. The van der Waals surface area contributed by atoms with Gasteiger partial charge in [0.2, 0.25) is 0 Å². The van der Waals surface area contributed by atoms with E-state index in [1.165, 1.54) is 0 Å². The number of hydrogen-bond acceptors (Lipinski definition) is 6. The molecule has 0 aromatic carbocycles. The summed E-state index contributed by atoms with van der Waals surface area (Å²) in [6.45, 7) is 0. The van der Waals surface area contributed by atoms with Crippen molar-refractivity contribution >= 4 is 0 Å². The summed E-state index contributed by atoms with van der Waals surface area (Å²) < 4.78 is 0. The molecule has 0 atom stereocenters. The monoisotopic (exact) mass is 158 g/mol. The lowest BCUT2D eigenvalue weighted by Gasteiger charge is -1.61. The van der Waals surface area contributed by atoms with Gasteiger partial charge in [-0.25, -0.2) is 20.2 Å². The van der Waals surface area contributed by atoms with Crippen LogP contribution in [0.4, 0.5) is 0 Å². The first-order chi connectivity index (χ1) is 3.46. The molecule has 0 heterocycles. The summed E-state index contributed by atoms with van der Waals surface area (Å²) in [6, 6.07) is 0. The zero-order valence-electron chi connectivity index (χ0n) is 5.10. The van der Waals surface area contributed by atoms with Crippen LogP contribution in [0.15, 0.2) is 0 Å². The zero-order chi connectivity index (χ0) is 7.15. The Morgan fingerprint density at radius 3 is 0.900 bits per heavy atom. The van der Waals surface area contributed by atoms with Crippen molar-refractivity contribution in [3.63, 3.8) is 0 Å². The number of hydrogen-bond donors (Lipinski definition) is 4. The van der Waals surface area contributed by atoms with Gasteiger partial charge in [0.15, 0.2) is 10.1 Å². The van der Waals surface area contributed by atoms with E-state index < -0.39 is 10.1 Å². The molecular formula is H10N6O4. The molecule has 0 amide bonds. The number of nitro groups is 2. The molecule has 0 saturated heterocycles. The maximum Gasteiger partial charge on any atom is 0.154 e. The second kappa shape index (κ2) is 15.7. The van der Waals surface area contributed by atoms with Crippen molar-refractivity contribution in [1.29, 1.82) is 0 Å². The van der Waals surface area contributed by atoms with Gasteiger partial charge in [-0.3, -0.25) is 0 Å². The predicted molar refractivity (Wildman–Crippen MR) is 32.4 cm³/mol. The van der Waals surface area contributed by atoms with Gasteiger partial charge >= 0.3 is 0 Å². The highest BCUT2D eigenvalue weighted by Crippen LogP contribution is 1.29. The van der Waals surface area contributed by atoms with Crippen LogP contribution in [0, 0.1) is 20.2 Å². The fraction of sp³-hybridized carbons (Fsp3) is 0. The van der Waals surface area contributed by atoms with Crippen molar-refractivity contribution in [3.05, 3.63) is 20.2 Å². The molecule has 0 radical (unpaired) electrons. The summed E-state index contributed by atoms with van der Waals surface area (Å²) in [4.78, 5) is 17.2. The van der Waals surface area contributed by atoms with Crippen molar-refractivity contribution < 1.29 is 10.1 Å². The van der Waals surface area contributed by atoms with E-state index in [9.17, 15) is 0 Å². The van der Waals surface area contributed by atoms with E-state index in [0.717, 1.165) is 0 Å². The lowest BCUT2D eigenvalue weighted by atomic mass is 12.8. The third-order valence-corrected chi connectivity index (χ3v) is 0. The Morgan fingerprint density at radius 1 is 0.900 bits per heavy atom. The van der Waals surface area contributed by atoms with Gasteiger partial charge in [0.25, 0.3) is 0 Å². The van der Waals surface area contributed by atoms with E-state index in [1.54, 1.807) is 0 Å². The summed E-state index contributed by atoms with van der Waals surface area (Å²) in [6.07, 6.45) is 0. The molecule has 10 heteroatoms. The molecule has 0 rings (SSSR count). The molecule has 0 aromatic rings. The van der Waals surface area contributed by atoms with Crippen LogP contribution in [0.5, 0.6) is 0 Å². The standard InChI is InChI=1S/2H2N2O2.2H3N/c2*1-2(3)4;;/h2*1H2;2*1H3. The van der Waals surface area contributed by atoms with Crippen LogP contribution in [-0.2, 0) is 0 Å². The van der Waals surface area contributed by atoms with Gasteiger partial charge in [-0.2, -0.15) is 11.7 Å². The molecule has 0 aliphatic carbocycles. The first-order valence-electron chi connectivity index (χ1n) is 1.25. The highest BCUT2D eigenvalue weighted by atomic mass is 16.7. The molecule has 10 nitrogen and oxygen atoms in total. The molecule has 0 bridgehead atoms. The van der Waals surface area contributed by atoms with Gasteiger partial charge < -0.3 is 12.3 Å². The van der Waals surface area contributed by atoms with Gasteiger partial charge in [0.1, 0.15) is 0 Å². The average molecular weight is 158 g/mol. The van der Waals surface area contributed by atoms with E-state index in [4.69, 9.17) is 20.2 Å². The fourth-order valence-corrected chi connectivity index (χ4v) is 0. The maximum atomic E-state index is 8.58. The van der Waals surface area contributed by atoms with E-state index in [-0.39, 0.29) is 12.3 Å². The molecule has 0 aliphatic rings.